The molecule has 1 heteroatoms. The molecule has 5 aromatic carbocycles. The molecule has 1 nitrogen and oxygen atoms in total. The van der Waals surface area contributed by atoms with Crippen LogP contribution in [0.5, 0.6) is 0 Å². The predicted molar refractivity (Wildman–Crippen MR) is 224 cm³/mol. The molecule has 3 unspecified atom stereocenters. The number of fused-ring (bicyclic) bond motifs is 2. The minimum absolute atomic E-state index is 0.200. The third-order valence-corrected chi connectivity index (χ3v) is 10.1. The molecule has 1 aliphatic carbocycles. The first kappa shape index (κ1) is 35.4. The zero-order chi connectivity index (χ0) is 35.4. The maximum Gasteiger partial charge on any atom is 0.0517 e. The highest BCUT2D eigenvalue weighted by atomic mass is 15.2. The van der Waals surface area contributed by atoms with Gasteiger partial charge in [0.2, 0.25) is 0 Å². The molecule has 1 aliphatic rings. The summed E-state index contributed by atoms with van der Waals surface area (Å²) in [5, 5.41) is 5.27. The van der Waals surface area contributed by atoms with E-state index < -0.39 is 0 Å². The van der Waals surface area contributed by atoms with Crippen molar-refractivity contribution in [3.8, 4) is 0 Å². The first-order valence-electron chi connectivity index (χ1n) is 18.5. The lowest BCUT2D eigenvalue weighted by molar-refractivity contribution is 0.613. The van der Waals surface area contributed by atoms with E-state index in [0.717, 1.165) is 25.7 Å². The highest BCUT2D eigenvalue weighted by molar-refractivity contribution is 6.03. The molecule has 0 aliphatic heterocycles. The van der Waals surface area contributed by atoms with Crippen molar-refractivity contribution >= 4 is 32.8 Å². The molecule has 0 bridgehead atoms. The molecule has 3 atom stereocenters. The second-order valence-corrected chi connectivity index (χ2v) is 13.5. The lowest BCUT2D eigenvalue weighted by Crippen LogP contribution is -2.42. The van der Waals surface area contributed by atoms with Gasteiger partial charge in [-0.1, -0.05) is 165 Å². The van der Waals surface area contributed by atoms with Crippen LogP contribution in [0.15, 0.2) is 188 Å². The Balaban J connectivity index is 1.18. The number of anilines is 1. The average molecular weight is 666 g/mol. The fourth-order valence-corrected chi connectivity index (χ4v) is 7.38. The van der Waals surface area contributed by atoms with E-state index in [1.807, 2.05) is 0 Å². The summed E-state index contributed by atoms with van der Waals surface area (Å²) in [6, 6.07) is 40.4. The summed E-state index contributed by atoms with van der Waals surface area (Å²) < 4.78 is 0. The zero-order valence-corrected chi connectivity index (χ0v) is 30.5. The zero-order valence-electron chi connectivity index (χ0n) is 30.5. The van der Waals surface area contributed by atoms with Crippen LogP contribution in [0.2, 0.25) is 0 Å². The Morgan fingerprint density at radius 1 is 0.824 bits per heavy atom. The molecule has 51 heavy (non-hydrogen) atoms. The van der Waals surface area contributed by atoms with Crippen LogP contribution in [0.25, 0.3) is 27.1 Å². The van der Waals surface area contributed by atoms with Crippen LogP contribution in [-0.2, 0) is 12.8 Å². The van der Waals surface area contributed by atoms with Crippen molar-refractivity contribution in [3.63, 3.8) is 0 Å². The number of hydrogen-bond donors (Lipinski definition) is 0. The van der Waals surface area contributed by atoms with Gasteiger partial charge in [-0.15, -0.1) is 6.58 Å². The summed E-state index contributed by atoms with van der Waals surface area (Å²) >= 11 is 0. The fourth-order valence-electron chi connectivity index (χ4n) is 7.38. The van der Waals surface area contributed by atoms with E-state index in [-0.39, 0.29) is 12.1 Å². The predicted octanol–water partition coefficient (Wildman–Crippen LogP) is 13.2. The van der Waals surface area contributed by atoms with Gasteiger partial charge in [0.05, 0.1) is 12.1 Å². The van der Waals surface area contributed by atoms with E-state index in [2.05, 4.69) is 208 Å². The van der Waals surface area contributed by atoms with Crippen LogP contribution in [0, 0.1) is 5.92 Å². The van der Waals surface area contributed by atoms with Crippen LogP contribution in [0.3, 0.4) is 0 Å². The monoisotopic (exact) mass is 665 g/mol. The molecule has 0 heterocycles. The van der Waals surface area contributed by atoms with Gasteiger partial charge >= 0.3 is 0 Å². The maximum atomic E-state index is 4.15. The van der Waals surface area contributed by atoms with E-state index in [0.29, 0.717) is 5.92 Å². The quantitative estimate of drug-likeness (QED) is 0.0648. The van der Waals surface area contributed by atoms with Crippen molar-refractivity contribution in [1.82, 2.24) is 0 Å². The Kier molecular flexibility index (Phi) is 12.2. The van der Waals surface area contributed by atoms with Crippen LogP contribution < -0.4 is 4.90 Å². The van der Waals surface area contributed by atoms with Crippen LogP contribution in [0.1, 0.15) is 50.3 Å². The largest absolute Gasteiger partial charge is 0.358 e. The highest BCUT2D eigenvalue weighted by Gasteiger charge is 2.24. The number of rotatable bonds is 14. The van der Waals surface area contributed by atoms with Gasteiger partial charge in [-0.05, 0) is 113 Å². The molecule has 0 saturated carbocycles. The molecule has 0 N–H and O–H groups in total. The summed E-state index contributed by atoms with van der Waals surface area (Å²) in [7, 11) is 0. The Bertz CT molecular complexity index is 2050. The van der Waals surface area contributed by atoms with Crippen molar-refractivity contribution in [2.24, 2.45) is 5.92 Å². The molecule has 0 radical (unpaired) electrons. The van der Waals surface area contributed by atoms with Gasteiger partial charge in [-0.2, -0.15) is 0 Å². The molecule has 5 aromatic rings. The molecular formula is C50H51N. The molecular weight excluding hydrogens is 615 g/mol. The molecule has 256 valence electrons. The topological polar surface area (TPSA) is 3.24 Å². The minimum Gasteiger partial charge on any atom is -0.358 e. The first-order valence-corrected chi connectivity index (χ1v) is 18.5. The van der Waals surface area contributed by atoms with Gasteiger partial charge in [0.25, 0.3) is 0 Å². The van der Waals surface area contributed by atoms with Gasteiger partial charge in [0.1, 0.15) is 0 Å². The Hall–Kier alpha value is -5.40. The van der Waals surface area contributed by atoms with Crippen LogP contribution in [-0.4, -0.2) is 12.1 Å². The Labute approximate surface area is 306 Å². The standard InChI is InChI=1S/C50H51N/c1-5-8-10-19-38(4)41-32-34-47(35-33-41)51(46-23-11-9-12-24-46)45(18-6-2)25-17-20-39-28-30-42(31-29-39)40(7-3)37-50-48-26-15-13-21-43(48)36-44-22-14-16-27-49(44)50/h5-17,19,21-34,36,38,45,47H,2,18,20,35,37H2,1,3-4H3/b8-5-,19-10-,25-17-,40-7-. The third-order valence-electron chi connectivity index (χ3n) is 10.1. The van der Waals surface area contributed by atoms with Gasteiger partial charge in [-0.3, -0.25) is 0 Å². The highest BCUT2D eigenvalue weighted by Crippen LogP contribution is 2.33. The van der Waals surface area contributed by atoms with Crippen LogP contribution in [0.4, 0.5) is 5.69 Å². The lowest BCUT2D eigenvalue weighted by atomic mass is 9.90. The Morgan fingerprint density at radius 3 is 2.14 bits per heavy atom. The van der Waals surface area contributed by atoms with Crippen molar-refractivity contribution in [3.05, 3.63) is 205 Å². The maximum absolute atomic E-state index is 4.15. The lowest BCUT2D eigenvalue weighted by Gasteiger charge is -2.38. The summed E-state index contributed by atoms with van der Waals surface area (Å²) in [4.78, 5) is 2.57. The van der Waals surface area contributed by atoms with Crippen LogP contribution >= 0.6 is 0 Å². The van der Waals surface area contributed by atoms with Crippen molar-refractivity contribution in [2.45, 2.75) is 58.5 Å². The van der Waals surface area contributed by atoms with E-state index in [4.69, 9.17) is 0 Å². The first-order chi connectivity index (χ1) is 25.1. The van der Waals surface area contributed by atoms with Gasteiger partial charge in [-0.25, -0.2) is 0 Å². The van der Waals surface area contributed by atoms with Crippen molar-refractivity contribution in [2.75, 3.05) is 4.90 Å². The molecule has 0 fully saturated rings. The van der Waals surface area contributed by atoms with E-state index in [9.17, 15) is 0 Å². The number of benzene rings is 5. The van der Waals surface area contributed by atoms with Crippen molar-refractivity contribution < 1.29 is 0 Å². The number of nitrogens with zero attached hydrogens (tertiary/aromatic N) is 1. The smallest absolute Gasteiger partial charge is 0.0517 e. The minimum atomic E-state index is 0.200. The number of para-hydroxylation sites is 1. The fraction of sp³-hybridized carbons (Fsp3) is 0.200. The van der Waals surface area contributed by atoms with Gasteiger partial charge in [0, 0.05) is 5.69 Å². The number of allylic oxidation sites excluding steroid dienone is 9. The average Bonchev–Trinajstić information content (AvgIpc) is 3.17. The Morgan fingerprint density at radius 2 is 1.51 bits per heavy atom. The van der Waals surface area contributed by atoms with E-state index in [1.165, 1.54) is 55.1 Å². The molecule has 0 spiro atoms. The molecule has 0 saturated heterocycles. The van der Waals surface area contributed by atoms with Crippen molar-refractivity contribution in [1.29, 1.82) is 0 Å². The molecule has 0 aromatic heterocycles. The molecule has 0 amide bonds. The summed E-state index contributed by atoms with van der Waals surface area (Å²) in [6.45, 7) is 10.6. The van der Waals surface area contributed by atoms with Gasteiger partial charge < -0.3 is 4.90 Å². The van der Waals surface area contributed by atoms with Gasteiger partial charge in [0.15, 0.2) is 0 Å². The second-order valence-electron chi connectivity index (χ2n) is 13.5. The van der Waals surface area contributed by atoms with E-state index in [1.54, 1.807) is 0 Å². The third kappa shape index (κ3) is 8.67. The van der Waals surface area contributed by atoms with E-state index >= 15 is 0 Å². The summed E-state index contributed by atoms with van der Waals surface area (Å²) in [5.41, 5.74) is 7.97. The summed E-state index contributed by atoms with van der Waals surface area (Å²) in [6.07, 6.45) is 28.4. The summed E-state index contributed by atoms with van der Waals surface area (Å²) in [5.74, 6) is 0.390. The molecule has 6 rings (SSSR count). The second kappa shape index (κ2) is 17.5. The normalized spacial score (nSPS) is 16.3. The number of hydrogen-bond acceptors (Lipinski definition) is 1. The SMILES string of the molecule is C=CCC(/C=C\Cc1ccc(/C(=C\C)Cc2c3ccccc3cc3ccccc23)cc1)N(c1ccccc1)C1C=CC(C(C)/C=C\C=C/C)=CC1.